The molecule has 2 heterocycles. The molecule has 24 heavy (non-hydrogen) atoms. The van der Waals surface area contributed by atoms with Crippen LogP contribution in [0.15, 0.2) is 34.9 Å². The first-order valence-electron chi connectivity index (χ1n) is 7.28. The number of nitrogens with zero attached hydrogens (tertiary/aromatic N) is 1. The highest BCUT2D eigenvalue weighted by Crippen LogP contribution is 2.37. The minimum atomic E-state index is -0.667. The van der Waals surface area contributed by atoms with Crippen LogP contribution in [0.3, 0.4) is 0 Å². The number of furan rings is 1. The Balaban J connectivity index is 2.16. The zero-order chi connectivity index (χ0) is 17.3. The van der Waals surface area contributed by atoms with Crippen LogP contribution in [0, 0.1) is 12.7 Å². The zero-order valence-corrected chi connectivity index (χ0v) is 13.8. The number of hydrogen-bond acceptors (Lipinski definition) is 5. The highest BCUT2D eigenvalue weighted by Gasteiger charge is 2.24. The summed E-state index contributed by atoms with van der Waals surface area (Å²) in [6, 6.07) is 6.27. The molecule has 7 heteroatoms. The van der Waals surface area contributed by atoms with Crippen LogP contribution in [0.1, 0.15) is 23.0 Å². The number of pyridine rings is 1. The topological polar surface area (TPSA) is 64.4 Å². The number of nitrogens with one attached hydrogen (secondary N) is 1. The Bertz CT molecular complexity index is 924. The summed E-state index contributed by atoms with van der Waals surface area (Å²) in [5.41, 5.74) is 1.55. The monoisotopic (exact) mass is 348 g/mol. The molecule has 0 aliphatic carbocycles. The summed E-state index contributed by atoms with van der Waals surface area (Å²) >= 11 is 6.13. The predicted octanol–water partition coefficient (Wildman–Crippen LogP) is 4.85. The summed E-state index contributed by atoms with van der Waals surface area (Å²) in [7, 11) is 0. The number of carbonyl (C=O) groups is 1. The lowest BCUT2D eigenvalue weighted by Gasteiger charge is -2.09. The third kappa shape index (κ3) is 2.92. The van der Waals surface area contributed by atoms with E-state index in [4.69, 9.17) is 20.8 Å². The van der Waals surface area contributed by atoms with Gasteiger partial charge in [0.1, 0.15) is 22.2 Å². The van der Waals surface area contributed by atoms with E-state index in [1.807, 2.05) is 0 Å². The van der Waals surface area contributed by atoms with Crippen molar-refractivity contribution in [3.8, 4) is 0 Å². The molecule has 0 bridgehead atoms. The van der Waals surface area contributed by atoms with Gasteiger partial charge < -0.3 is 14.5 Å². The summed E-state index contributed by atoms with van der Waals surface area (Å²) in [6.45, 7) is 3.65. The molecule has 0 aliphatic heterocycles. The molecule has 0 spiro atoms. The minimum absolute atomic E-state index is 0.0817. The molecule has 124 valence electrons. The molecule has 0 aliphatic rings. The molecule has 0 fully saturated rings. The summed E-state index contributed by atoms with van der Waals surface area (Å²) in [4.78, 5) is 16.1. The normalized spacial score (nSPS) is 10.8. The van der Waals surface area contributed by atoms with Gasteiger partial charge in [-0.25, -0.2) is 14.2 Å². The largest absolute Gasteiger partial charge is 0.460 e. The molecule has 0 saturated heterocycles. The number of carbonyl (C=O) groups excluding carboxylic acids is 1. The quantitative estimate of drug-likeness (QED) is 0.539. The third-order valence-corrected chi connectivity index (χ3v) is 3.69. The van der Waals surface area contributed by atoms with Gasteiger partial charge in [-0.3, -0.25) is 0 Å². The molecule has 0 radical (unpaired) electrons. The van der Waals surface area contributed by atoms with Crippen LogP contribution in [-0.4, -0.2) is 17.6 Å². The average molecular weight is 349 g/mol. The number of halogens is 2. The number of ether oxygens (including phenoxy) is 1. The van der Waals surface area contributed by atoms with E-state index >= 15 is 0 Å². The van der Waals surface area contributed by atoms with Crippen molar-refractivity contribution < 1.29 is 18.3 Å². The molecule has 1 aromatic carbocycles. The second-order valence-electron chi connectivity index (χ2n) is 5.11. The van der Waals surface area contributed by atoms with Crippen molar-refractivity contribution in [2.45, 2.75) is 13.8 Å². The molecule has 0 amide bonds. The SMILES string of the molecule is CCOC(=O)c1oc2ccnc(Cl)c2c1Nc1ccc(C)cc1F. The fourth-order valence-corrected chi connectivity index (χ4v) is 2.57. The van der Waals surface area contributed by atoms with Gasteiger partial charge in [0.05, 0.1) is 17.7 Å². The van der Waals surface area contributed by atoms with Crippen LogP contribution < -0.4 is 5.32 Å². The van der Waals surface area contributed by atoms with Crippen LogP contribution >= 0.6 is 11.6 Å². The van der Waals surface area contributed by atoms with E-state index in [1.54, 1.807) is 32.0 Å². The van der Waals surface area contributed by atoms with Crippen molar-refractivity contribution in [3.05, 3.63) is 52.8 Å². The maximum atomic E-state index is 14.2. The highest BCUT2D eigenvalue weighted by molar-refractivity contribution is 6.35. The molecule has 0 saturated carbocycles. The standard InChI is InChI=1S/C17H14ClFN2O3/c1-3-23-17(22)15-14(13-12(24-15)6-7-20-16(13)18)21-11-5-4-9(2)8-10(11)19/h4-8,21H,3H2,1-2H3. The van der Waals surface area contributed by atoms with E-state index in [2.05, 4.69) is 10.3 Å². The molecule has 0 unspecified atom stereocenters. The zero-order valence-electron chi connectivity index (χ0n) is 13.0. The molecule has 3 aromatic rings. The molecule has 3 rings (SSSR count). The van der Waals surface area contributed by atoms with E-state index in [0.29, 0.717) is 11.0 Å². The summed E-state index contributed by atoms with van der Waals surface area (Å²) in [5, 5.41) is 3.41. The average Bonchev–Trinajstić information content (AvgIpc) is 2.90. The number of rotatable bonds is 4. The first kappa shape index (κ1) is 16.3. The molecule has 1 N–H and O–H groups in total. The van der Waals surface area contributed by atoms with Crippen molar-refractivity contribution in [2.24, 2.45) is 0 Å². The maximum Gasteiger partial charge on any atom is 0.376 e. The lowest BCUT2D eigenvalue weighted by molar-refractivity contribution is 0.0494. The molecular weight excluding hydrogens is 335 g/mol. The van der Waals surface area contributed by atoms with Crippen LogP contribution in [0.4, 0.5) is 15.8 Å². The van der Waals surface area contributed by atoms with Gasteiger partial charge in [0.25, 0.3) is 0 Å². The van der Waals surface area contributed by atoms with E-state index in [-0.39, 0.29) is 28.9 Å². The highest BCUT2D eigenvalue weighted by atomic mass is 35.5. The lowest BCUT2D eigenvalue weighted by Crippen LogP contribution is -2.06. The van der Waals surface area contributed by atoms with Gasteiger partial charge >= 0.3 is 5.97 Å². The van der Waals surface area contributed by atoms with Gasteiger partial charge in [-0.05, 0) is 37.6 Å². The van der Waals surface area contributed by atoms with Crippen LogP contribution in [0.5, 0.6) is 0 Å². The van der Waals surface area contributed by atoms with E-state index in [9.17, 15) is 9.18 Å². The number of anilines is 2. The predicted molar refractivity (Wildman–Crippen MR) is 89.4 cm³/mol. The smallest absolute Gasteiger partial charge is 0.376 e. The van der Waals surface area contributed by atoms with E-state index in [0.717, 1.165) is 5.56 Å². The van der Waals surface area contributed by atoms with Crippen molar-refractivity contribution in [3.63, 3.8) is 0 Å². The van der Waals surface area contributed by atoms with Crippen molar-refractivity contribution in [2.75, 3.05) is 11.9 Å². The van der Waals surface area contributed by atoms with E-state index in [1.165, 1.54) is 12.3 Å². The number of hydrogen-bond donors (Lipinski definition) is 1. The number of fused-ring (bicyclic) bond motifs is 1. The second kappa shape index (κ2) is 6.49. The van der Waals surface area contributed by atoms with Gasteiger partial charge in [0.15, 0.2) is 0 Å². The summed E-state index contributed by atoms with van der Waals surface area (Å²) < 4.78 is 24.7. The lowest BCUT2D eigenvalue weighted by atomic mass is 10.2. The molecular formula is C17H14ClFN2O3. The van der Waals surface area contributed by atoms with Gasteiger partial charge in [0.2, 0.25) is 5.76 Å². The Hall–Kier alpha value is -2.60. The Morgan fingerprint density at radius 2 is 2.21 bits per heavy atom. The Morgan fingerprint density at radius 1 is 1.42 bits per heavy atom. The fourth-order valence-electron chi connectivity index (χ4n) is 2.32. The van der Waals surface area contributed by atoms with Gasteiger partial charge in [0, 0.05) is 6.20 Å². The fraction of sp³-hybridized carbons (Fsp3) is 0.176. The summed E-state index contributed by atoms with van der Waals surface area (Å²) in [6.07, 6.45) is 1.46. The van der Waals surface area contributed by atoms with Crippen molar-refractivity contribution in [1.29, 1.82) is 0 Å². The number of aryl methyl sites for hydroxylation is 1. The van der Waals surface area contributed by atoms with E-state index < -0.39 is 11.8 Å². The molecule has 0 atom stereocenters. The first-order valence-corrected chi connectivity index (χ1v) is 7.66. The van der Waals surface area contributed by atoms with Crippen LogP contribution in [0.25, 0.3) is 11.0 Å². The number of aromatic nitrogens is 1. The Labute approximate surface area is 142 Å². The Kier molecular flexibility index (Phi) is 4.40. The first-order chi connectivity index (χ1) is 11.5. The van der Waals surface area contributed by atoms with Crippen LogP contribution in [-0.2, 0) is 4.74 Å². The number of benzene rings is 1. The Morgan fingerprint density at radius 3 is 2.92 bits per heavy atom. The minimum Gasteiger partial charge on any atom is -0.460 e. The second-order valence-corrected chi connectivity index (χ2v) is 5.47. The molecule has 5 nitrogen and oxygen atoms in total. The van der Waals surface area contributed by atoms with Gasteiger partial charge in [-0.2, -0.15) is 0 Å². The van der Waals surface area contributed by atoms with Crippen molar-refractivity contribution in [1.82, 2.24) is 4.98 Å². The van der Waals surface area contributed by atoms with Gasteiger partial charge in [-0.1, -0.05) is 17.7 Å². The number of esters is 1. The third-order valence-electron chi connectivity index (χ3n) is 3.40. The van der Waals surface area contributed by atoms with Crippen LogP contribution in [0.2, 0.25) is 5.15 Å². The molecule has 2 aromatic heterocycles. The summed E-state index contributed by atoms with van der Waals surface area (Å²) in [5.74, 6) is -1.21. The maximum absolute atomic E-state index is 14.2. The van der Waals surface area contributed by atoms with Gasteiger partial charge in [-0.15, -0.1) is 0 Å². The van der Waals surface area contributed by atoms with Crippen molar-refractivity contribution >= 4 is 39.9 Å².